The van der Waals surface area contributed by atoms with Gasteiger partial charge in [0, 0.05) is 20.1 Å². The van der Waals surface area contributed by atoms with E-state index in [0.29, 0.717) is 13.1 Å². The summed E-state index contributed by atoms with van der Waals surface area (Å²) in [7, 11) is 1.77. The molecule has 124 valence electrons. The number of hydrogen-bond acceptors (Lipinski definition) is 3. The van der Waals surface area contributed by atoms with Gasteiger partial charge in [0.15, 0.2) is 18.2 Å². The Morgan fingerprint density at radius 1 is 1.43 bits per heavy atom. The molecule has 6 heteroatoms. The molecule has 1 aromatic carbocycles. The van der Waals surface area contributed by atoms with Gasteiger partial charge in [-0.3, -0.25) is 9.59 Å². The summed E-state index contributed by atoms with van der Waals surface area (Å²) in [4.78, 5) is 28.0. The molecule has 0 bridgehead atoms. The molecular weight excluding hydrogens is 299 g/mol. The molecule has 2 atom stereocenters. The molecule has 2 heterocycles. The number of carbonyl (C=O) groups excluding carboxylic acids is 2. The highest BCUT2D eigenvalue weighted by atomic mass is 19.1. The minimum atomic E-state index is -0.476. The average molecular weight is 320 g/mol. The van der Waals surface area contributed by atoms with Gasteiger partial charge in [-0.2, -0.15) is 0 Å². The maximum atomic E-state index is 13.7. The van der Waals surface area contributed by atoms with E-state index < -0.39 is 5.82 Å². The first-order valence-corrected chi connectivity index (χ1v) is 7.91. The number of benzene rings is 1. The van der Waals surface area contributed by atoms with Gasteiger partial charge in [-0.1, -0.05) is 6.07 Å². The zero-order chi connectivity index (χ0) is 16.6. The van der Waals surface area contributed by atoms with Crippen LogP contribution in [-0.2, 0) is 9.59 Å². The molecule has 1 aromatic rings. The summed E-state index contributed by atoms with van der Waals surface area (Å²) in [6, 6.07) is 4.48. The Balaban J connectivity index is 1.66. The maximum Gasteiger partial charge on any atom is 0.260 e. The minimum absolute atomic E-state index is 0.0836. The number of piperidine rings is 1. The number of rotatable bonds is 3. The van der Waals surface area contributed by atoms with Crippen LogP contribution >= 0.6 is 0 Å². The van der Waals surface area contributed by atoms with Gasteiger partial charge in [-0.25, -0.2) is 4.39 Å². The summed E-state index contributed by atoms with van der Waals surface area (Å²) in [5.74, 6) is -0.572. The first kappa shape index (κ1) is 15.8. The second-order valence-corrected chi connectivity index (χ2v) is 6.34. The molecule has 2 fully saturated rings. The van der Waals surface area contributed by atoms with Crippen molar-refractivity contribution in [3.63, 3.8) is 0 Å². The number of halogens is 1. The van der Waals surface area contributed by atoms with Crippen LogP contribution in [-0.4, -0.2) is 54.4 Å². The van der Waals surface area contributed by atoms with Gasteiger partial charge in [0.1, 0.15) is 0 Å². The highest BCUT2D eigenvalue weighted by Crippen LogP contribution is 2.31. The third-order valence-electron chi connectivity index (χ3n) is 4.69. The molecule has 0 unspecified atom stereocenters. The molecule has 0 radical (unpaired) electrons. The maximum absolute atomic E-state index is 13.7. The number of likely N-dealkylation sites (tertiary alicyclic amines) is 2. The zero-order valence-corrected chi connectivity index (χ0v) is 13.4. The van der Waals surface area contributed by atoms with E-state index in [1.54, 1.807) is 29.0 Å². The quantitative estimate of drug-likeness (QED) is 0.850. The summed E-state index contributed by atoms with van der Waals surface area (Å²) >= 11 is 0. The molecule has 0 aromatic heterocycles. The van der Waals surface area contributed by atoms with Gasteiger partial charge < -0.3 is 14.5 Å². The minimum Gasteiger partial charge on any atom is -0.481 e. The van der Waals surface area contributed by atoms with Crippen LogP contribution in [0.5, 0.6) is 5.75 Å². The van der Waals surface area contributed by atoms with Crippen molar-refractivity contribution in [2.24, 2.45) is 5.92 Å². The first-order chi connectivity index (χ1) is 11.0. The van der Waals surface area contributed by atoms with Crippen LogP contribution in [0.1, 0.15) is 18.4 Å². The molecule has 23 heavy (non-hydrogen) atoms. The molecule has 2 aliphatic rings. The Kier molecular flexibility index (Phi) is 4.24. The van der Waals surface area contributed by atoms with E-state index >= 15 is 0 Å². The molecule has 2 aliphatic heterocycles. The van der Waals surface area contributed by atoms with Crippen molar-refractivity contribution in [1.82, 2.24) is 9.80 Å². The molecule has 0 N–H and O–H groups in total. The van der Waals surface area contributed by atoms with Gasteiger partial charge in [0.2, 0.25) is 5.91 Å². The van der Waals surface area contributed by atoms with Gasteiger partial charge in [0.05, 0.1) is 12.0 Å². The van der Waals surface area contributed by atoms with Crippen LogP contribution in [0.15, 0.2) is 18.2 Å². The molecule has 2 saturated heterocycles. The lowest BCUT2D eigenvalue weighted by Gasteiger charge is -2.35. The standard InChI is InChI=1S/C17H21FN2O3/c1-11-5-6-13(18)15(8-11)23-10-16(21)20-7-3-4-12-14(20)9-19(2)17(12)22/h5-6,8,12,14H,3-4,7,9-10H2,1-2H3/t12-,14-/m1/s1. The number of nitrogens with zero attached hydrogens (tertiary/aromatic N) is 2. The lowest BCUT2D eigenvalue weighted by molar-refractivity contribution is -0.139. The Bertz CT molecular complexity index is 634. The zero-order valence-electron chi connectivity index (χ0n) is 13.4. The monoisotopic (exact) mass is 320 g/mol. The fourth-order valence-electron chi connectivity index (χ4n) is 3.48. The van der Waals surface area contributed by atoms with E-state index in [0.717, 1.165) is 18.4 Å². The predicted molar refractivity (Wildman–Crippen MR) is 82.5 cm³/mol. The Morgan fingerprint density at radius 3 is 3.00 bits per heavy atom. The second-order valence-electron chi connectivity index (χ2n) is 6.34. The van der Waals surface area contributed by atoms with Crippen LogP contribution in [0, 0.1) is 18.7 Å². The smallest absolute Gasteiger partial charge is 0.260 e. The van der Waals surface area contributed by atoms with Crippen molar-refractivity contribution in [1.29, 1.82) is 0 Å². The van der Waals surface area contributed by atoms with Crippen molar-refractivity contribution < 1.29 is 18.7 Å². The number of carbonyl (C=O) groups is 2. The lowest BCUT2D eigenvalue weighted by atomic mass is 9.91. The van der Waals surface area contributed by atoms with Crippen LogP contribution in [0.25, 0.3) is 0 Å². The summed E-state index contributed by atoms with van der Waals surface area (Å²) in [5, 5.41) is 0. The topological polar surface area (TPSA) is 49.9 Å². The summed E-state index contributed by atoms with van der Waals surface area (Å²) in [5.41, 5.74) is 0.870. The molecule has 0 saturated carbocycles. The fourth-order valence-corrected chi connectivity index (χ4v) is 3.48. The van der Waals surface area contributed by atoms with E-state index in [2.05, 4.69) is 0 Å². The molecule has 0 aliphatic carbocycles. The highest BCUT2D eigenvalue weighted by molar-refractivity contribution is 5.85. The molecule has 3 rings (SSSR count). The molecule has 2 amide bonds. The Morgan fingerprint density at radius 2 is 2.22 bits per heavy atom. The number of hydrogen-bond donors (Lipinski definition) is 0. The van der Waals surface area contributed by atoms with Crippen LogP contribution < -0.4 is 4.74 Å². The van der Waals surface area contributed by atoms with E-state index in [-0.39, 0.29) is 36.1 Å². The highest BCUT2D eigenvalue weighted by Gasteiger charge is 2.45. The lowest BCUT2D eigenvalue weighted by Crippen LogP contribution is -2.50. The molecule has 0 spiro atoms. The first-order valence-electron chi connectivity index (χ1n) is 7.91. The summed E-state index contributed by atoms with van der Waals surface area (Å²) in [6.07, 6.45) is 1.64. The number of aryl methyl sites for hydroxylation is 1. The van der Waals surface area contributed by atoms with Gasteiger partial charge in [-0.05, 0) is 37.5 Å². The number of ether oxygens (including phenoxy) is 1. The predicted octanol–water partition coefficient (Wildman–Crippen LogP) is 1.59. The van der Waals surface area contributed by atoms with Crippen LogP contribution in [0.2, 0.25) is 0 Å². The molecule has 5 nitrogen and oxygen atoms in total. The number of likely N-dealkylation sites (N-methyl/N-ethyl adjacent to an activating group) is 1. The van der Waals surface area contributed by atoms with Crippen molar-refractivity contribution in [3.05, 3.63) is 29.6 Å². The largest absolute Gasteiger partial charge is 0.481 e. The third kappa shape index (κ3) is 3.02. The second kappa shape index (κ2) is 6.18. The Hall–Kier alpha value is -2.11. The van der Waals surface area contributed by atoms with Crippen LogP contribution in [0.3, 0.4) is 0 Å². The normalized spacial score (nSPS) is 23.9. The number of fused-ring (bicyclic) bond motifs is 1. The van der Waals surface area contributed by atoms with E-state index in [4.69, 9.17) is 4.74 Å². The van der Waals surface area contributed by atoms with Crippen molar-refractivity contribution >= 4 is 11.8 Å². The van der Waals surface area contributed by atoms with Crippen molar-refractivity contribution in [3.8, 4) is 5.75 Å². The van der Waals surface area contributed by atoms with E-state index in [9.17, 15) is 14.0 Å². The van der Waals surface area contributed by atoms with Crippen molar-refractivity contribution in [2.75, 3.05) is 26.7 Å². The summed E-state index contributed by atoms with van der Waals surface area (Å²) < 4.78 is 19.0. The van der Waals surface area contributed by atoms with Crippen LogP contribution in [0.4, 0.5) is 4.39 Å². The molecular formula is C17H21FN2O3. The van der Waals surface area contributed by atoms with Crippen molar-refractivity contribution in [2.45, 2.75) is 25.8 Å². The third-order valence-corrected chi connectivity index (χ3v) is 4.69. The van der Waals surface area contributed by atoms with E-state index in [1.807, 2.05) is 6.92 Å². The summed E-state index contributed by atoms with van der Waals surface area (Å²) in [6.45, 7) is 2.82. The van der Waals surface area contributed by atoms with E-state index in [1.165, 1.54) is 6.07 Å². The van der Waals surface area contributed by atoms with Gasteiger partial charge in [-0.15, -0.1) is 0 Å². The number of amides is 2. The Labute approximate surface area is 135 Å². The fraction of sp³-hybridized carbons (Fsp3) is 0.529. The van der Waals surface area contributed by atoms with Gasteiger partial charge in [0.25, 0.3) is 5.91 Å². The average Bonchev–Trinajstić information content (AvgIpc) is 2.83. The van der Waals surface area contributed by atoms with Gasteiger partial charge >= 0.3 is 0 Å². The SMILES string of the molecule is Cc1ccc(F)c(OCC(=O)N2CCC[C@H]3C(=O)N(C)C[C@H]32)c1.